The van der Waals surface area contributed by atoms with Crippen LogP contribution in [0.5, 0.6) is 0 Å². The summed E-state index contributed by atoms with van der Waals surface area (Å²) in [6, 6.07) is 4.97. The highest BCUT2D eigenvalue weighted by Gasteiger charge is 2.18. The molecule has 0 radical (unpaired) electrons. The van der Waals surface area contributed by atoms with Gasteiger partial charge >= 0.3 is 5.97 Å². The number of carboxylic acids is 1. The van der Waals surface area contributed by atoms with Crippen LogP contribution >= 0.6 is 0 Å². The van der Waals surface area contributed by atoms with Gasteiger partial charge in [0.15, 0.2) is 0 Å². The highest BCUT2D eigenvalue weighted by Crippen LogP contribution is 2.12. The Hall–Kier alpha value is -1.88. The Kier molecular flexibility index (Phi) is 6.18. The van der Waals surface area contributed by atoms with Crippen molar-refractivity contribution < 1.29 is 19.8 Å². The number of aliphatic hydroxyl groups is 1. The van der Waals surface area contributed by atoms with Gasteiger partial charge in [-0.05, 0) is 43.4 Å². The molecule has 1 aromatic carbocycles. The number of benzene rings is 1. The van der Waals surface area contributed by atoms with Crippen molar-refractivity contribution in [2.45, 2.75) is 39.2 Å². The molecule has 5 nitrogen and oxygen atoms in total. The maximum atomic E-state index is 11.5. The summed E-state index contributed by atoms with van der Waals surface area (Å²) in [5.41, 5.74) is 3.62. The Balaban J connectivity index is 2.38. The summed E-state index contributed by atoms with van der Waals surface area (Å²) in [6.45, 7) is 3.50. The monoisotopic (exact) mass is 279 g/mol. The Morgan fingerprint density at radius 3 is 2.50 bits per heavy atom. The number of aryl methyl sites for hydroxylation is 3. The zero-order chi connectivity index (χ0) is 15.1. The zero-order valence-electron chi connectivity index (χ0n) is 11.8. The van der Waals surface area contributed by atoms with Gasteiger partial charge in [0.25, 0.3) is 0 Å². The fourth-order valence-electron chi connectivity index (χ4n) is 1.86. The van der Waals surface area contributed by atoms with Crippen molar-refractivity contribution in [3.63, 3.8) is 0 Å². The Morgan fingerprint density at radius 2 is 1.95 bits per heavy atom. The molecule has 0 heterocycles. The topological polar surface area (TPSA) is 86.6 Å². The third-order valence-electron chi connectivity index (χ3n) is 3.26. The molecule has 0 spiro atoms. The van der Waals surface area contributed by atoms with Crippen molar-refractivity contribution in [3.8, 4) is 0 Å². The normalized spacial score (nSPS) is 11.9. The van der Waals surface area contributed by atoms with Crippen LogP contribution in [0.4, 0.5) is 0 Å². The van der Waals surface area contributed by atoms with Gasteiger partial charge in [-0.25, -0.2) is 4.79 Å². The number of carboxylic acid groups (broad SMARTS) is 1. The van der Waals surface area contributed by atoms with Gasteiger partial charge in [-0.3, -0.25) is 4.79 Å². The van der Waals surface area contributed by atoms with Crippen LogP contribution in [0.1, 0.15) is 29.5 Å². The van der Waals surface area contributed by atoms with Gasteiger partial charge < -0.3 is 15.5 Å². The van der Waals surface area contributed by atoms with E-state index in [9.17, 15) is 9.59 Å². The molecule has 1 rings (SSSR count). The lowest BCUT2D eigenvalue weighted by molar-refractivity contribution is -0.142. The van der Waals surface area contributed by atoms with Gasteiger partial charge in [0.2, 0.25) is 5.91 Å². The predicted octanol–water partition coefficient (Wildman–Crippen LogP) is 1.19. The average molecular weight is 279 g/mol. The van der Waals surface area contributed by atoms with Crippen LogP contribution in [0.25, 0.3) is 0 Å². The van der Waals surface area contributed by atoms with E-state index >= 15 is 0 Å². The molecule has 0 aliphatic rings. The highest BCUT2D eigenvalue weighted by atomic mass is 16.4. The van der Waals surface area contributed by atoms with E-state index in [0.717, 1.165) is 12.0 Å². The van der Waals surface area contributed by atoms with Crippen molar-refractivity contribution in [1.29, 1.82) is 0 Å². The maximum Gasteiger partial charge on any atom is 0.328 e. The second kappa shape index (κ2) is 7.65. The van der Waals surface area contributed by atoms with Crippen LogP contribution in [-0.4, -0.2) is 34.7 Å². The lowest BCUT2D eigenvalue weighted by Gasteiger charge is -2.11. The average Bonchev–Trinajstić information content (AvgIpc) is 2.39. The molecule has 110 valence electrons. The third-order valence-corrected chi connectivity index (χ3v) is 3.26. The van der Waals surface area contributed by atoms with Gasteiger partial charge in [0, 0.05) is 6.42 Å². The standard InChI is InChI=1S/C15H21NO4/c1-10-6-7-12(8-11(10)2)4-3-5-14(18)16-13(9-17)15(19)20/h6-8,13,17H,3-5,9H2,1-2H3,(H,16,18)(H,19,20). The Morgan fingerprint density at radius 1 is 1.25 bits per heavy atom. The van der Waals surface area contributed by atoms with Crippen LogP contribution in [-0.2, 0) is 16.0 Å². The molecule has 1 aromatic rings. The first-order chi connectivity index (χ1) is 9.43. The molecule has 0 aliphatic heterocycles. The lowest BCUT2D eigenvalue weighted by Crippen LogP contribution is -2.43. The van der Waals surface area contributed by atoms with Crippen LogP contribution in [0.2, 0.25) is 0 Å². The number of hydrogen-bond donors (Lipinski definition) is 3. The highest BCUT2D eigenvalue weighted by molar-refractivity contribution is 5.83. The van der Waals surface area contributed by atoms with Crippen LogP contribution in [0.3, 0.4) is 0 Å². The summed E-state index contributed by atoms with van der Waals surface area (Å²) in [6.07, 6.45) is 1.66. The molecule has 0 aliphatic carbocycles. The summed E-state index contributed by atoms with van der Waals surface area (Å²) in [7, 11) is 0. The van der Waals surface area contributed by atoms with Crippen molar-refractivity contribution >= 4 is 11.9 Å². The molecule has 1 atom stereocenters. The van der Waals surface area contributed by atoms with Gasteiger partial charge in [-0.15, -0.1) is 0 Å². The summed E-state index contributed by atoms with van der Waals surface area (Å²) < 4.78 is 0. The SMILES string of the molecule is Cc1ccc(CCCC(=O)NC(CO)C(=O)O)cc1C. The number of nitrogens with one attached hydrogen (secondary N) is 1. The van der Waals surface area contributed by atoms with Gasteiger partial charge in [0.05, 0.1) is 6.61 Å². The van der Waals surface area contributed by atoms with E-state index in [0.29, 0.717) is 6.42 Å². The van der Waals surface area contributed by atoms with Gasteiger partial charge in [0.1, 0.15) is 6.04 Å². The molecule has 0 fully saturated rings. The first kappa shape index (κ1) is 16.2. The summed E-state index contributed by atoms with van der Waals surface area (Å²) in [4.78, 5) is 22.2. The molecular formula is C15H21NO4. The van der Waals surface area contributed by atoms with Crippen LogP contribution < -0.4 is 5.32 Å². The molecule has 5 heteroatoms. The van der Waals surface area contributed by atoms with Crippen molar-refractivity contribution in [1.82, 2.24) is 5.32 Å². The summed E-state index contributed by atoms with van der Waals surface area (Å²) >= 11 is 0. The Bertz CT molecular complexity index is 485. The third kappa shape index (κ3) is 5.01. The number of carbonyl (C=O) groups excluding carboxylic acids is 1. The number of amides is 1. The predicted molar refractivity (Wildman–Crippen MR) is 75.5 cm³/mol. The molecule has 0 saturated carbocycles. The quantitative estimate of drug-likeness (QED) is 0.699. The minimum atomic E-state index is -1.23. The molecule has 1 unspecified atom stereocenters. The van der Waals surface area contributed by atoms with E-state index < -0.39 is 18.6 Å². The van der Waals surface area contributed by atoms with E-state index in [2.05, 4.69) is 17.4 Å². The molecule has 1 amide bonds. The first-order valence-electron chi connectivity index (χ1n) is 6.63. The van der Waals surface area contributed by atoms with Gasteiger partial charge in [-0.1, -0.05) is 18.2 Å². The minimum absolute atomic E-state index is 0.247. The van der Waals surface area contributed by atoms with Crippen LogP contribution in [0.15, 0.2) is 18.2 Å². The Labute approximate surface area is 118 Å². The van der Waals surface area contributed by atoms with Crippen molar-refractivity contribution in [2.24, 2.45) is 0 Å². The molecular weight excluding hydrogens is 258 g/mol. The molecule has 0 bridgehead atoms. The molecule has 0 saturated heterocycles. The van der Waals surface area contributed by atoms with E-state index in [1.807, 2.05) is 19.9 Å². The fraction of sp³-hybridized carbons (Fsp3) is 0.467. The lowest BCUT2D eigenvalue weighted by atomic mass is 10.0. The summed E-state index contributed by atoms with van der Waals surface area (Å²) in [5.74, 6) is -1.58. The molecule has 20 heavy (non-hydrogen) atoms. The first-order valence-corrected chi connectivity index (χ1v) is 6.63. The van der Waals surface area contributed by atoms with E-state index in [-0.39, 0.29) is 12.3 Å². The number of carbonyl (C=O) groups is 2. The van der Waals surface area contributed by atoms with Crippen LogP contribution in [0, 0.1) is 13.8 Å². The molecule has 3 N–H and O–H groups in total. The number of aliphatic carboxylic acids is 1. The van der Waals surface area contributed by atoms with Crippen molar-refractivity contribution in [3.05, 3.63) is 34.9 Å². The van der Waals surface area contributed by atoms with E-state index in [4.69, 9.17) is 10.2 Å². The van der Waals surface area contributed by atoms with Crippen molar-refractivity contribution in [2.75, 3.05) is 6.61 Å². The number of aliphatic hydroxyl groups excluding tert-OH is 1. The maximum absolute atomic E-state index is 11.5. The van der Waals surface area contributed by atoms with E-state index in [1.54, 1.807) is 0 Å². The molecule has 0 aromatic heterocycles. The smallest absolute Gasteiger partial charge is 0.328 e. The minimum Gasteiger partial charge on any atom is -0.480 e. The number of rotatable bonds is 7. The summed E-state index contributed by atoms with van der Waals surface area (Å²) in [5, 5.41) is 19.8. The largest absolute Gasteiger partial charge is 0.480 e. The van der Waals surface area contributed by atoms with E-state index in [1.165, 1.54) is 11.1 Å². The second-order valence-corrected chi connectivity index (χ2v) is 4.91. The number of hydrogen-bond acceptors (Lipinski definition) is 3. The fourth-order valence-corrected chi connectivity index (χ4v) is 1.86. The van der Waals surface area contributed by atoms with Gasteiger partial charge in [-0.2, -0.15) is 0 Å². The zero-order valence-corrected chi connectivity index (χ0v) is 11.8. The second-order valence-electron chi connectivity index (χ2n) is 4.91.